The van der Waals surface area contributed by atoms with Crippen molar-refractivity contribution in [2.75, 3.05) is 30.6 Å². The van der Waals surface area contributed by atoms with Gasteiger partial charge in [0, 0.05) is 6.54 Å². The zero-order chi connectivity index (χ0) is 11.4. The van der Waals surface area contributed by atoms with E-state index in [1.807, 2.05) is 30.2 Å². The molecule has 0 unspecified atom stereocenters. The van der Waals surface area contributed by atoms with E-state index >= 15 is 0 Å². The lowest BCUT2D eigenvalue weighted by Crippen LogP contribution is -2.30. The Hall–Kier alpha value is -1.42. The minimum Gasteiger partial charge on any atom is -0.492 e. The molecule has 0 aromatic heterocycles. The molecular formula is C12H18N2O2. The standard InChI is InChI=1S/C12H18N2O2/c1-2-15-11-7-5-6-10(12(11)13)14-8-3-4-9-16-14/h5-7H,2-4,8-9,13H2,1H3. The number of nitrogens with two attached hydrogens (primary N) is 1. The molecule has 0 spiro atoms. The lowest BCUT2D eigenvalue weighted by atomic mass is 10.2. The van der Waals surface area contributed by atoms with Gasteiger partial charge in [-0.25, -0.2) is 0 Å². The van der Waals surface area contributed by atoms with Gasteiger partial charge in [-0.3, -0.25) is 9.90 Å². The van der Waals surface area contributed by atoms with Gasteiger partial charge < -0.3 is 10.5 Å². The molecule has 2 rings (SSSR count). The number of nitrogens with zero attached hydrogens (tertiary/aromatic N) is 1. The highest BCUT2D eigenvalue weighted by Crippen LogP contribution is 2.33. The van der Waals surface area contributed by atoms with Gasteiger partial charge in [-0.2, -0.15) is 0 Å². The van der Waals surface area contributed by atoms with E-state index in [-0.39, 0.29) is 0 Å². The van der Waals surface area contributed by atoms with Crippen LogP contribution in [0.3, 0.4) is 0 Å². The summed E-state index contributed by atoms with van der Waals surface area (Å²) in [6, 6.07) is 5.78. The summed E-state index contributed by atoms with van der Waals surface area (Å²) in [5.41, 5.74) is 7.62. The van der Waals surface area contributed by atoms with Gasteiger partial charge >= 0.3 is 0 Å². The summed E-state index contributed by atoms with van der Waals surface area (Å²) in [4.78, 5) is 5.58. The molecule has 1 aromatic rings. The highest BCUT2D eigenvalue weighted by molar-refractivity contribution is 5.73. The molecule has 4 heteroatoms. The maximum atomic E-state index is 6.05. The molecule has 16 heavy (non-hydrogen) atoms. The first-order chi connectivity index (χ1) is 7.83. The fourth-order valence-electron chi connectivity index (χ4n) is 1.82. The Morgan fingerprint density at radius 1 is 1.44 bits per heavy atom. The van der Waals surface area contributed by atoms with Crippen molar-refractivity contribution in [3.63, 3.8) is 0 Å². The quantitative estimate of drug-likeness (QED) is 0.796. The molecule has 0 radical (unpaired) electrons. The van der Waals surface area contributed by atoms with Gasteiger partial charge in [-0.05, 0) is 31.9 Å². The Morgan fingerprint density at radius 3 is 3.00 bits per heavy atom. The summed E-state index contributed by atoms with van der Waals surface area (Å²) < 4.78 is 5.46. The molecule has 0 bridgehead atoms. The van der Waals surface area contributed by atoms with E-state index in [0.29, 0.717) is 12.3 Å². The Bertz CT molecular complexity index is 349. The highest BCUT2D eigenvalue weighted by Gasteiger charge is 2.16. The minimum absolute atomic E-state index is 0.620. The number of anilines is 2. The van der Waals surface area contributed by atoms with Crippen molar-refractivity contribution in [1.29, 1.82) is 0 Å². The van der Waals surface area contributed by atoms with E-state index in [1.54, 1.807) is 0 Å². The first-order valence-electron chi connectivity index (χ1n) is 5.74. The van der Waals surface area contributed by atoms with Gasteiger partial charge in [-0.1, -0.05) is 6.07 Å². The van der Waals surface area contributed by atoms with Crippen LogP contribution in [0.25, 0.3) is 0 Å². The molecule has 0 aliphatic carbocycles. The molecule has 2 N–H and O–H groups in total. The highest BCUT2D eigenvalue weighted by atomic mass is 16.7. The number of ether oxygens (including phenoxy) is 1. The van der Waals surface area contributed by atoms with Crippen molar-refractivity contribution in [3.05, 3.63) is 18.2 Å². The van der Waals surface area contributed by atoms with Crippen molar-refractivity contribution in [2.45, 2.75) is 19.8 Å². The van der Waals surface area contributed by atoms with E-state index in [2.05, 4.69) is 0 Å². The van der Waals surface area contributed by atoms with Crippen LogP contribution in [0, 0.1) is 0 Å². The zero-order valence-corrected chi connectivity index (χ0v) is 9.61. The van der Waals surface area contributed by atoms with Crippen LogP contribution in [0.1, 0.15) is 19.8 Å². The second kappa shape index (κ2) is 5.07. The SMILES string of the molecule is CCOc1cccc(N2CCCCO2)c1N. The van der Waals surface area contributed by atoms with Crippen molar-refractivity contribution < 1.29 is 9.57 Å². The summed E-state index contributed by atoms with van der Waals surface area (Å²) in [6.07, 6.45) is 2.25. The molecule has 1 aromatic carbocycles. The third-order valence-corrected chi connectivity index (χ3v) is 2.61. The van der Waals surface area contributed by atoms with Crippen molar-refractivity contribution >= 4 is 11.4 Å². The molecular weight excluding hydrogens is 204 g/mol. The number of benzene rings is 1. The van der Waals surface area contributed by atoms with Crippen LogP contribution in [0.2, 0.25) is 0 Å². The average molecular weight is 222 g/mol. The van der Waals surface area contributed by atoms with Crippen LogP contribution in [-0.4, -0.2) is 19.8 Å². The second-order valence-electron chi connectivity index (χ2n) is 3.76. The number of hydrogen-bond acceptors (Lipinski definition) is 4. The average Bonchev–Trinajstić information content (AvgIpc) is 2.33. The molecule has 0 saturated carbocycles. The molecule has 0 atom stereocenters. The lowest BCUT2D eigenvalue weighted by molar-refractivity contribution is 0.0780. The normalized spacial score (nSPS) is 16.2. The molecule has 1 fully saturated rings. The van der Waals surface area contributed by atoms with Crippen molar-refractivity contribution in [1.82, 2.24) is 0 Å². The van der Waals surface area contributed by atoms with Gasteiger partial charge in [0.25, 0.3) is 0 Å². The number of nitrogen functional groups attached to an aromatic ring is 1. The Morgan fingerprint density at radius 2 is 2.31 bits per heavy atom. The second-order valence-corrected chi connectivity index (χ2v) is 3.76. The van der Waals surface area contributed by atoms with Gasteiger partial charge in [0.15, 0.2) is 0 Å². The molecule has 1 aliphatic heterocycles. The molecule has 88 valence electrons. The van der Waals surface area contributed by atoms with Crippen molar-refractivity contribution in [3.8, 4) is 5.75 Å². The van der Waals surface area contributed by atoms with E-state index in [9.17, 15) is 0 Å². The Kier molecular flexibility index (Phi) is 3.51. The minimum atomic E-state index is 0.620. The number of hydroxylamine groups is 1. The van der Waals surface area contributed by atoms with Crippen LogP contribution in [0.5, 0.6) is 5.75 Å². The molecule has 1 heterocycles. The molecule has 4 nitrogen and oxygen atoms in total. The predicted octanol–water partition coefficient (Wildman–Crippen LogP) is 2.20. The number of rotatable bonds is 3. The van der Waals surface area contributed by atoms with Gasteiger partial charge in [0.1, 0.15) is 11.4 Å². The third kappa shape index (κ3) is 2.22. The molecule has 0 amide bonds. The topological polar surface area (TPSA) is 47.7 Å². The summed E-state index contributed by atoms with van der Waals surface area (Å²) in [7, 11) is 0. The Labute approximate surface area is 95.9 Å². The summed E-state index contributed by atoms with van der Waals surface area (Å²) >= 11 is 0. The number of hydrogen-bond donors (Lipinski definition) is 1. The van der Waals surface area contributed by atoms with Crippen LogP contribution < -0.4 is 15.5 Å². The number of para-hydroxylation sites is 1. The Balaban J connectivity index is 2.22. The van der Waals surface area contributed by atoms with E-state index < -0.39 is 0 Å². The van der Waals surface area contributed by atoms with Crippen LogP contribution in [0.4, 0.5) is 11.4 Å². The smallest absolute Gasteiger partial charge is 0.144 e. The largest absolute Gasteiger partial charge is 0.492 e. The first kappa shape index (κ1) is 11.1. The predicted molar refractivity (Wildman–Crippen MR) is 64.6 cm³/mol. The van der Waals surface area contributed by atoms with Gasteiger partial charge in [0.2, 0.25) is 0 Å². The van der Waals surface area contributed by atoms with Crippen LogP contribution in [-0.2, 0) is 4.84 Å². The monoisotopic (exact) mass is 222 g/mol. The third-order valence-electron chi connectivity index (χ3n) is 2.61. The maximum Gasteiger partial charge on any atom is 0.144 e. The van der Waals surface area contributed by atoms with Crippen LogP contribution in [0.15, 0.2) is 18.2 Å². The zero-order valence-electron chi connectivity index (χ0n) is 9.61. The fraction of sp³-hybridized carbons (Fsp3) is 0.500. The van der Waals surface area contributed by atoms with E-state index in [0.717, 1.165) is 37.4 Å². The van der Waals surface area contributed by atoms with Gasteiger partial charge in [-0.15, -0.1) is 0 Å². The fourth-order valence-corrected chi connectivity index (χ4v) is 1.82. The van der Waals surface area contributed by atoms with E-state index in [1.165, 1.54) is 0 Å². The summed E-state index contributed by atoms with van der Waals surface area (Å²) in [5.74, 6) is 0.731. The lowest BCUT2D eigenvalue weighted by Gasteiger charge is -2.29. The summed E-state index contributed by atoms with van der Waals surface area (Å²) in [5, 5.41) is 1.86. The van der Waals surface area contributed by atoms with Crippen molar-refractivity contribution in [2.24, 2.45) is 0 Å². The first-order valence-corrected chi connectivity index (χ1v) is 5.74. The van der Waals surface area contributed by atoms with Gasteiger partial charge in [0.05, 0.1) is 18.9 Å². The van der Waals surface area contributed by atoms with Crippen LogP contribution >= 0.6 is 0 Å². The van der Waals surface area contributed by atoms with E-state index in [4.69, 9.17) is 15.3 Å². The molecule has 1 aliphatic rings. The summed E-state index contributed by atoms with van der Waals surface area (Å²) in [6.45, 7) is 4.22. The molecule has 1 saturated heterocycles. The maximum absolute atomic E-state index is 6.05.